The molecule has 166 valence electrons. The van der Waals surface area contributed by atoms with Crippen LogP contribution in [0.2, 0.25) is 0 Å². The number of hydrogen-bond acceptors (Lipinski definition) is 7. The van der Waals surface area contributed by atoms with Gasteiger partial charge in [-0.1, -0.05) is 44.3 Å². The number of rotatable bonds is 5. The number of sulfone groups is 1. The summed E-state index contributed by atoms with van der Waals surface area (Å²) in [6, 6.07) is 15.1. The fourth-order valence-corrected chi connectivity index (χ4v) is 5.90. The second-order valence-corrected chi connectivity index (χ2v) is 9.85. The van der Waals surface area contributed by atoms with Gasteiger partial charge in [-0.2, -0.15) is 4.52 Å². The molecular formula is C24H22N6O2S. The second kappa shape index (κ2) is 8.02. The van der Waals surface area contributed by atoms with Crippen LogP contribution in [0, 0.1) is 20.8 Å². The molecule has 1 N–H and O–H groups in total. The average Bonchev–Trinajstić information content (AvgIpc) is 3.22. The molecule has 0 aliphatic heterocycles. The third kappa shape index (κ3) is 3.65. The van der Waals surface area contributed by atoms with Gasteiger partial charge in [0, 0.05) is 35.5 Å². The lowest BCUT2D eigenvalue weighted by molar-refractivity contribution is 0.474. The molecule has 33 heavy (non-hydrogen) atoms. The van der Waals surface area contributed by atoms with Gasteiger partial charge in [-0.25, -0.2) is 4.98 Å². The first-order valence-corrected chi connectivity index (χ1v) is 11.9. The molecule has 8 nitrogen and oxygen atoms in total. The largest absolute Gasteiger partial charge is 0.604 e. The third-order valence-electron chi connectivity index (χ3n) is 5.56. The maximum absolute atomic E-state index is 13.7. The van der Waals surface area contributed by atoms with Crippen LogP contribution >= 0.6 is 0 Å². The highest BCUT2D eigenvalue weighted by molar-refractivity contribution is 7.97. The first kappa shape index (κ1) is 21.2. The van der Waals surface area contributed by atoms with E-state index in [1.54, 1.807) is 26.2 Å². The Morgan fingerprint density at radius 2 is 1.73 bits per heavy atom. The quantitative estimate of drug-likeness (QED) is 0.392. The number of anilines is 1. The van der Waals surface area contributed by atoms with Crippen molar-refractivity contribution in [2.24, 2.45) is 0 Å². The summed E-state index contributed by atoms with van der Waals surface area (Å²) in [5.74, 6) is 0.561. The number of nitrogens with zero attached hydrogens (tertiary/aromatic N) is 5. The predicted octanol–water partition coefficient (Wildman–Crippen LogP) is 4.26. The number of pyridine rings is 1. The van der Waals surface area contributed by atoms with Crippen LogP contribution in [-0.4, -0.2) is 29.3 Å². The minimum Gasteiger partial charge on any atom is -0.604 e. The van der Waals surface area contributed by atoms with E-state index in [-0.39, 0.29) is 15.6 Å². The van der Waals surface area contributed by atoms with Crippen LogP contribution in [0.4, 0.5) is 5.82 Å². The molecule has 2 aromatic carbocycles. The fourth-order valence-electron chi connectivity index (χ4n) is 4.23. The monoisotopic (exact) mass is 458 g/mol. The molecular weight excluding hydrogens is 436 g/mol. The van der Waals surface area contributed by atoms with E-state index in [4.69, 9.17) is 0 Å². The zero-order valence-electron chi connectivity index (χ0n) is 18.4. The Balaban J connectivity index is 1.69. The van der Waals surface area contributed by atoms with E-state index in [2.05, 4.69) is 25.6 Å². The molecule has 0 aliphatic carbocycles. The first-order chi connectivity index (χ1) is 15.9. The zero-order valence-corrected chi connectivity index (χ0v) is 19.3. The summed E-state index contributed by atoms with van der Waals surface area (Å²) in [5, 5.41) is 12.2. The molecule has 0 bridgehead atoms. The van der Waals surface area contributed by atoms with Crippen LogP contribution in [0.25, 0.3) is 16.6 Å². The molecule has 0 saturated carbocycles. The topological polar surface area (TPSA) is 108 Å². The summed E-state index contributed by atoms with van der Waals surface area (Å²) >= 11 is 0. The molecule has 0 aliphatic rings. The van der Waals surface area contributed by atoms with Gasteiger partial charge in [0.2, 0.25) is 5.65 Å². The molecule has 9 heteroatoms. The Morgan fingerprint density at radius 1 is 1.03 bits per heavy atom. The van der Waals surface area contributed by atoms with E-state index < -0.39 is 10.2 Å². The Labute approximate surface area is 192 Å². The van der Waals surface area contributed by atoms with Gasteiger partial charge >= 0.3 is 5.03 Å². The van der Waals surface area contributed by atoms with E-state index in [1.807, 2.05) is 55.5 Å². The number of aryl methyl sites for hydroxylation is 3. The van der Waals surface area contributed by atoms with Crippen LogP contribution in [0.1, 0.15) is 22.3 Å². The number of nitrogens with one attached hydrogen (secondary N) is 1. The van der Waals surface area contributed by atoms with Crippen LogP contribution in [-0.2, 0) is 21.0 Å². The van der Waals surface area contributed by atoms with Crippen molar-refractivity contribution < 1.29 is 8.76 Å². The van der Waals surface area contributed by atoms with Gasteiger partial charge in [0.25, 0.3) is 0 Å². The van der Waals surface area contributed by atoms with Crippen molar-refractivity contribution in [3.05, 3.63) is 83.2 Å². The maximum atomic E-state index is 13.7. The van der Waals surface area contributed by atoms with Crippen LogP contribution in [0.15, 0.2) is 70.8 Å². The predicted molar refractivity (Wildman–Crippen MR) is 126 cm³/mol. The van der Waals surface area contributed by atoms with Gasteiger partial charge in [-0.15, -0.1) is 0 Å². The third-order valence-corrected chi connectivity index (χ3v) is 7.51. The van der Waals surface area contributed by atoms with Crippen LogP contribution in [0.3, 0.4) is 0 Å². The SMILES string of the molecule is Cc1cc(C)c([S+](=O)([O-])c2nnn3c2nc(NCc2ccncc2)c2ccccc23)c(C)c1. The molecule has 3 aromatic heterocycles. The Morgan fingerprint density at radius 3 is 2.45 bits per heavy atom. The smallest absolute Gasteiger partial charge is 0.317 e. The minimum atomic E-state index is -3.95. The highest BCUT2D eigenvalue weighted by atomic mass is 32.3. The van der Waals surface area contributed by atoms with E-state index in [9.17, 15) is 8.76 Å². The summed E-state index contributed by atoms with van der Waals surface area (Å²) < 4.78 is 28.9. The van der Waals surface area contributed by atoms with Gasteiger partial charge in [0.05, 0.1) is 5.52 Å². The number of para-hydroxylation sites is 1. The van der Waals surface area contributed by atoms with Gasteiger partial charge in [0.1, 0.15) is 16.0 Å². The molecule has 5 rings (SSSR count). The first-order valence-electron chi connectivity index (χ1n) is 10.5. The van der Waals surface area contributed by atoms with Crippen molar-refractivity contribution >= 4 is 32.6 Å². The van der Waals surface area contributed by atoms with Gasteiger partial charge < -0.3 is 9.87 Å². The van der Waals surface area contributed by atoms with Crippen molar-refractivity contribution in [1.82, 2.24) is 24.8 Å². The van der Waals surface area contributed by atoms with Crippen molar-refractivity contribution in [3.63, 3.8) is 0 Å². The number of hydrogen-bond donors (Lipinski definition) is 1. The van der Waals surface area contributed by atoms with Crippen molar-refractivity contribution in [3.8, 4) is 0 Å². The lowest BCUT2D eigenvalue weighted by atomic mass is 10.1. The molecule has 0 spiro atoms. The maximum Gasteiger partial charge on any atom is 0.317 e. The molecule has 0 fully saturated rings. The van der Waals surface area contributed by atoms with Crippen molar-refractivity contribution in [2.75, 3.05) is 5.32 Å². The summed E-state index contributed by atoms with van der Waals surface area (Å²) in [6.45, 7) is 6.04. The highest BCUT2D eigenvalue weighted by Gasteiger charge is 2.35. The number of fused-ring (bicyclic) bond motifs is 3. The summed E-state index contributed by atoms with van der Waals surface area (Å²) in [5.41, 5.74) is 4.27. The minimum absolute atomic E-state index is 0.157. The normalized spacial score (nSPS) is 13.3. The summed E-state index contributed by atoms with van der Waals surface area (Å²) in [7, 11) is -3.95. The molecule has 5 aromatic rings. The molecule has 1 unspecified atom stereocenters. The Hall–Kier alpha value is -3.69. The van der Waals surface area contributed by atoms with Gasteiger partial charge in [0.15, 0.2) is 4.90 Å². The Kier molecular flexibility index (Phi) is 5.15. The van der Waals surface area contributed by atoms with Gasteiger partial charge in [-0.3, -0.25) is 4.98 Å². The van der Waals surface area contributed by atoms with Crippen molar-refractivity contribution in [1.29, 1.82) is 0 Å². The molecule has 0 saturated heterocycles. The Bertz CT molecular complexity index is 1520. The van der Waals surface area contributed by atoms with E-state index in [0.717, 1.165) is 16.5 Å². The zero-order chi connectivity index (χ0) is 23.2. The molecule has 0 amide bonds. The standard InChI is InChI=1S/C24H22N6O2S/c1-15-12-16(2)21(17(3)13-15)33(31,32)24-23-27-22(26-14-18-8-10-25-11-9-18)19-6-4-5-7-20(19)30(23)29-28-24/h4-13H,14H2,1-3H3,(H-,26,27,31,32). The van der Waals surface area contributed by atoms with Gasteiger partial charge in [-0.05, 0) is 50.6 Å². The molecule has 3 heterocycles. The fraction of sp³-hybridized carbons (Fsp3) is 0.167. The van der Waals surface area contributed by atoms with Crippen LogP contribution in [0.5, 0.6) is 0 Å². The molecule has 0 radical (unpaired) electrons. The number of benzene rings is 2. The van der Waals surface area contributed by atoms with Crippen molar-refractivity contribution in [2.45, 2.75) is 37.2 Å². The highest BCUT2D eigenvalue weighted by Crippen LogP contribution is 2.34. The van der Waals surface area contributed by atoms with E-state index in [0.29, 0.717) is 29.0 Å². The lowest BCUT2D eigenvalue weighted by Crippen LogP contribution is -2.16. The molecule has 1 atom stereocenters. The van der Waals surface area contributed by atoms with E-state index >= 15 is 0 Å². The second-order valence-electron chi connectivity index (χ2n) is 8.05. The summed E-state index contributed by atoms with van der Waals surface area (Å²) in [4.78, 5) is 8.97. The summed E-state index contributed by atoms with van der Waals surface area (Å²) in [6.07, 6.45) is 3.45. The number of aromatic nitrogens is 5. The van der Waals surface area contributed by atoms with E-state index in [1.165, 1.54) is 4.52 Å². The van der Waals surface area contributed by atoms with Crippen LogP contribution < -0.4 is 5.32 Å². The average molecular weight is 459 g/mol. The lowest BCUT2D eigenvalue weighted by Gasteiger charge is -2.17.